The van der Waals surface area contributed by atoms with Crippen molar-refractivity contribution in [2.45, 2.75) is 25.2 Å². The van der Waals surface area contributed by atoms with Gasteiger partial charge in [0, 0.05) is 70.3 Å². The summed E-state index contributed by atoms with van der Waals surface area (Å²) in [5.41, 5.74) is 3.74. The molecule has 1 N–H and O–H groups in total. The van der Waals surface area contributed by atoms with Gasteiger partial charge in [0.25, 0.3) is 0 Å². The number of carboxylic acids is 1. The summed E-state index contributed by atoms with van der Waals surface area (Å²) in [7, 11) is 5.69. The lowest BCUT2D eigenvalue weighted by Crippen LogP contribution is -2.34. The van der Waals surface area contributed by atoms with Crippen LogP contribution in [-0.4, -0.2) is 62.0 Å². The topological polar surface area (TPSA) is 85.4 Å². The van der Waals surface area contributed by atoms with E-state index in [1.54, 1.807) is 7.11 Å². The maximum absolute atomic E-state index is 10.6. The number of aromatic nitrogens is 4. The monoisotopic (exact) mass is 389 g/mol. The maximum atomic E-state index is 10.6. The highest BCUT2D eigenvalue weighted by molar-refractivity contribution is 5.73. The lowest BCUT2D eigenvalue weighted by atomic mass is 9.95. The molecule has 0 aromatic carbocycles. The molecule has 0 fully saturated rings. The van der Waals surface area contributed by atoms with Crippen LogP contribution in [0.15, 0.2) is 18.6 Å². The van der Waals surface area contributed by atoms with E-state index in [1.165, 1.54) is 16.8 Å². The number of carbonyl (C=O) groups is 1. The van der Waals surface area contributed by atoms with Gasteiger partial charge >= 0.3 is 12.1 Å². The lowest BCUT2D eigenvalue weighted by molar-refractivity contribution is -0.192. The van der Waals surface area contributed by atoms with E-state index >= 15 is 0 Å². The van der Waals surface area contributed by atoms with Crippen LogP contribution in [-0.2, 0) is 36.7 Å². The van der Waals surface area contributed by atoms with Gasteiger partial charge in [-0.05, 0) is 0 Å². The number of rotatable bonds is 4. The van der Waals surface area contributed by atoms with E-state index in [1.807, 2.05) is 29.7 Å². The molecular weight excluding hydrogens is 367 g/mol. The summed E-state index contributed by atoms with van der Waals surface area (Å²) < 4.78 is 40.9. The van der Waals surface area contributed by atoms with Crippen LogP contribution in [0.3, 0.4) is 0 Å². The Hall–Kier alpha value is -2.40. The first-order valence-electron chi connectivity index (χ1n) is 8.11. The first kappa shape index (κ1) is 20.9. The van der Waals surface area contributed by atoms with E-state index in [9.17, 15) is 13.2 Å². The van der Waals surface area contributed by atoms with Crippen molar-refractivity contribution in [2.24, 2.45) is 14.1 Å². The number of aliphatic carboxylic acids is 1. The van der Waals surface area contributed by atoms with Crippen LogP contribution >= 0.6 is 0 Å². The van der Waals surface area contributed by atoms with Crippen LogP contribution in [0.4, 0.5) is 13.2 Å². The summed E-state index contributed by atoms with van der Waals surface area (Å²) in [5, 5.41) is 15.9. The summed E-state index contributed by atoms with van der Waals surface area (Å²) in [6, 6.07) is 0. The number of hydrogen-bond donors (Lipinski definition) is 1. The molecule has 8 nitrogen and oxygen atoms in total. The third-order valence-electron chi connectivity index (χ3n) is 4.00. The minimum atomic E-state index is -5.08. The fourth-order valence-electron chi connectivity index (χ4n) is 2.98. The Balaban J connectivity index is 0.000000321. The van der Waals surface area contributed by atoms with Crippen molar-refractivity contribution in [1.29, 1.82) is 0 Å². The van der Waals surface area contributed by atoms with Gasteiger partial charge in [-0.15, -0.1) is 0 Å². The number of nitrogens with zero attached hydrogens (tertiary/aromatic N) is 5. The van der Waals surface area contributed by atoms with Crippen LogP contribution in [0.25, 0.3) is 0 Å². The molecule has 0 radical (unpaired) electrons. The molecule has 150 valence electrons. The van der Waals surface area contributed by atoms with Crippen molar-refractivity contribution in [2.75, 3.05) is 20.3 Å². The highest BCUT2D eigenvalue weighted by Crippen LogP contribution is 2.28. The van der Waals surface area contributed by atoms with Gasteiger partial charge in [-0.1, -0.05) is 0 Å². The van der Waals surface area contributed by atoms with Crippen molar-refractivity contribution < 1.29 is 27.8 Å². The normalized spacial score (nSPS) is 17.2. The molecule has 3 rings (SSSR count). The lowest BCUT2D eigenvalue weighted by Gasteiger charge is -2.31. The van der Waals surface area contributed by atoms with Crippen LogP contribution in [0, 0.1) is 0 Å². The summed E-state index contributed by atoms with van der Waals surface area (Å²) in [6.45, 7) is 3.54. The van der Waals surface area contributed by atoms with Gasteiger partial charge < -0.3 is 9.84 Å². The SMILES string of the molecule is COCC1CN(Cc2cnn(C)c2)Cc2nn(C)cc21.O=C(O)C(F)(F)F. The second kappa shape index (κ2) is 8.53. The molecule has 0 saturated heterocycles. The Morgan fingerprint density at radius 3 is 2.52 bits per heavy atom. The first-order valence-corrected chi connectivity index (χ1v) is 8.11. The minimum Gasteiger partial charge on any atom is -0.475 e. The Morgan fingerprint density at radius 2 is 2.00 bits per heavy atom. The number of carboxylic acid groups (broad SMARTS) is 1. The van der Waals surface area contributed by atoms with Crippen molar-refractivity contribution in [3.63, 3.8) is 0 Å². The summed E-state index contributed by atoms with van der Waals surface area (Å²) >= 11 is 0. The van der Waals surface area contributed by atoms with E-state index in [4.69, 9.17) is 14.6 Å². The average Bonchev–Trinajstić information content (AvgIpc) is 3.12. The van der Waals surface area contributed by atoms with Crippen molar-refractivity contribution in [3.05, 3.63) is 35.4 Å². The smallest absolute Gasteiger partial charge is 0.475 e. The molecule has 0 spiro atoms. The molecule has 11 heteroatoms. The van der Waals surface area contributed by atoms with E-state index in [0.29, 0.717) is 5.92 Å². The number of methoxy groups -OCH3 is 1. The van der Waals surface area contributed by atoms with Crippen molar-refractivity contribution >= 4 is 5.97 Å². The largest absolute Gasteiger partial charge is 0.490 e. The zero-order valence-corrected chi connectivity index (χ0v) is 15.3. The molecule has 0 bridgehead atoms. The van der Waals surface area contributed by atoms with Crippen LogP contribution < -0.4 is 0 Å². The van der Waals surface area contributed by atoms with Crippen molar-refractivity contribution in [1.82, 2.24) is 24.5 Å². The van der Waals surface area contributed by atoms with E-state index in [2.05, 4.69) is 27.5 Å². The van der Waals surface area contributed by atoms with Crippen LogP contribution in [0.2, 0.25) is 0 Å². The standard InChI is InChI=1S/C14H21N5O.C2HF3O2/c1-17-5-11(4-15-17)6-19-7-12(10-20-3)13-8-18(2)16-14(13)9-19;3-2(4,5)1(6)7/h4-5,8,12H,6-7,9-10H2,1-3H3;(H,6,7). The third-order valence-corrected chi connectivity index (χ3v) is 4.00. The van der Waals surface area contributed by atoms with E-state index < -0.39 is 12.1 Å². The first-order chi connectivity index (χ1) is 12.6. The number of hydrogen-bond acceptors (Lipinski definition) is 5. The number of halogens is 3. The Bertz CT molecular complexity index is 772. The van der Waals surface area contributed by atoms with Gasteiger partial charge in [0.1, 0.15) is 0 Å². The summed E-state index contributed by atoms with van der Waals surface area (Å²) in [6.07, 6.45) is 1.04. The van der Waals surface area contributed by atoms with Gasteiger partial charge in [-0.25, -0.2) is 4.79 Å². The van der Waals surface area contributed by atoms with Crippen molar-refractivity contribution in [3.8, 4) is 0 Å². The zero-order valence-electron chi connectivity index (χ0n) is 15.3. The minimum absolute atomic E-state index is 0.397. The number of aryl methyl sites for hydroxylation is 2. The molecule has 2 aromatic rings. The van der Waals surface area contributed by atoms with Crippen LogP contribution in [0.1, 0.15) is 22.7 Å². The second-order valence-electron chi connectivity index (χ2n) is 6.35. The maximum Gasteiger partial charge on any atom is 0.490 e. The second-order valence-corrected chi connectivity index (χ2v) is 6.35. The van der Waals surface area contributed by atoms with E-state index in [0.717, 1.165) is 26.2 Å². The molecule has 1 aliphatic heterocycles. The van der Waals surface area contributed by atoms with Gasteiger partial charge in [0.15, 0.2) is 0 Å². The Morgan fingerprint density at radius 1 is 1.33 bits per heavy atom. The molecule has 3 heterocycles. The Labute approximate surface area is 154 Å². The highest BCUT2D eigenvalue weighted by Gasteiger charge is 2.38. The van der Waals surface area contributed by atoms with Gasteiger partial charge in [0.05, 0.1) is 18.5 Å². The predicted molar refractivity (Wildman–Crippen MR) is 88.8 cm³/mol. The van der Waals surface area contributed by atoms with E-state index in [-0.39, 0.29) is 0 Å². The molecule has 0 saturated carbocycles. The fraction of sp³-hybridized carbons (Fsp3) is 0.562. The predicted octanol–water partition coefficient (Wildman–Crippen LogP) is 1.53. The third kappa shape index (κ3) is 5.79. The molecule has 1 atom stereocenters. The quantitative estimate of drug-likeness (QED) is 0.854. The molecule has 1 aliphatic rings. The molecule has 2 aromatic heterocycles. The van der Waals surface area contributed by atoms with Crippen LogP contribution in [0.5, 0.6) is 0 Å². The van der Waals surface area contributed by atoms with Gasteiger partial charge in [-0.2, -0.15) is 23.4 Å². The summed E-state index contributed by atoms with van der Waals surface area (Å²) in [4.78, 5) is 11.3. The van der Waals surface area contributed by atoms with Gasteiger partial charge in [-0.3, -0.25) is 14.3 Å². The fourth-order valence-corrected chi connectivity index (χ4v) is 2.98. The molecule has 0 amide bonds. The molecule has 27 heavy (non-hydrogen) atoms. The number of fused-ring (bicyclic) bond motifs is 1. The zero-order chi connectivity index (χ0) is 20.2. The molecular formula is C16H22F3N5O3. The number of ether oxygens (including phenoxy) is 1. The molecule has 1 unspecified atom stereocenters. The number of alkyl halides is 3. The average molecular weight is 389 g/mol. The summed E-state index contributed by atoms with van der Waals surface area (Å²) in [5.74, 6) is -2.36. The van der Waals surface area contributed by atoms with Gasteiger partial charge in [0.2, 0.25) is 0 Å². The molecule has 0 aliphatic carbocycles. The highest BCUT2D eigenvalue weighted by atomic mass is 19.4. The Kier molecular flexibility index (Phi) is 6.60.